The number of carbonyl (C=O) groups excluding carboxylic acids is 1. The number of β-amino-alcohol motifs (C(OH)–C–C–N with tert-alkyl or cyclic N) is 1. The minimum Gasteiger partial charge on any atom is -0.449 e. The van der Waals surface area contributed by atoms with Gasteiger partial charge in [0.15, 0.2) is 11.5 Å². The summed E-state index contributed by atoms with van der Waals surface area (Å²) in [4.78, 5) is 24.2. The molecule has 128 valence electrons. The number of nitrogens with two attached hydrogens (primary N) is 1. The second-order valence-electron chi connectivity index (χ2n) is 5.37. The van der Waals surface area contributed by atoms with Crippen molar-refractivity contribution in [1.29, 1.82) is 0 Å². The average Bonchev–Trinajstić information content (AvgIpc) is 2.59. The summed E-state index contributed by atoms with van der Waals surface area (Å²) >= 11 is 0. The summed E-state index contributed by atoms with van der Waals surface area (Å²) in [6, 6.07) is 10.6. The lowest BCUT2D eigenvalue weighted by atomic mass is 10.1. The van der Waals surface area contributed by atoms with Crippen molar-refractivity contribution < 1.29 is 19.6 Å². The van der Waals surface area contributed by atoms with Gasteiger partial charge in [0.1, 0.15) is 0 Å². The molecule has 0 bridgehead atoms. The van der Waals surface area contributed by atoms with E-state index in [1.165, 1.54) is 35.2 Å². The Balaban J connectivity index is 1.98. The molecule has 0 spiro atoms. The molecule has 0 saturated heterocycles. The SMILES string of the molecule is Nc1ccc2c(c1)N(CCO)C(=O)/C(=C\c1ccc([N+](=O)[O-])cc1)O2. The van der Waals surface area contributed by atoms with Crippen LogP contribution in [0.5, 0.6) is 5.75 Å². The topological polar surface area (TPSA) is 119 Å². The van der Waals surface area contributed by atoms with Crippen LogP contribution >= 0.6 is 0 Å². The maximum absolute atomic E-state index is 12.6. The van der Waals surface area contributed by atoms with Gasteiger partial charge in [0.05, 0.1) is 17.2 Å². The number of fused-ring (bicyclic) bond motifs is 1. The molecule has 1 amide bonds. The number of hydrogen-bond donors (Lipinski definition) is 2. The van der Waals surface area contributed by atoms with Gasteiger partial charge in [0.2, 0.25) is 0 Å². The Hall–Kier alpha value is -3.39. The highest BCUT2D eigenvalue weighted by molar-refractivity contribution is 6.10. The summed E-state index contributed by atoms with van der Waals surface area (Å²) in [5, 5.41) is 19.9. The van der Waals surface area contributed by atoms with Gasteiger partial charge in [0, 0.05) is 24.4 Å². The quantitative estimate of drug-likeness (QED) is 0.380. The fourth-order valence-corrected chi connectivity index (χ4v) is 2.49. The maximum atomic E-state index is 12.6. The number of nitrogen functional groups attached to an aromatic ring is 1. The molecule has 25 heavy (non-hydrogen) atoms. The first-order chi connectivity index (χ1) is 12.0. The highest BCUT2D eigenvalue weighted by Crippen LogP contribution is 2.37. The number of nitro groups is 1. The van der Waals surface area contributed by atoms with Crippen LogP contribution in [0.4, 0.5) is 17.1 Å². The van der Waals surface area contributed by atoms with E-state index in [1.54, 1.807) is 18.2 Å². The molecule has 0 radical (unpaired) electrons. The molecule has 0 saturated carbocycles. The average molecular weight is 341 g/mol. The lowest BCUT2D eigenvalue weighted by molar-refractivity contribution is -0.384. The minimum atomic E-state index is -0.497. The van der Waals surface area contributed by atoms with Gasteiger partial charge in [-0.05, 0) is 42.0 Å². The first-order valence-corrected chi connectivity index (χ1v) is 7.46. The third-order valence-corrected chi connectivity index (χ3v) is 3.67. The van der Waals surface area contributed by atoms with Crippen LogP contribution in [0.3, 0.4) is 0 Å². The first kappa shape index (κ1) is 16.5. The van der Waals surface area contributed by atoms with Crippen molar-refractivity contribution >= 4 is 29.0 Å². The van der Waals surface area contributed by atoms with Crippen LogP contribution in [0.15, 0.2) is 48.2 Å². The maximum Gasteiger partial charge on any atom is 0.294 e. The molecular formula is C17H15N3O5. The van der Waals surface area contributed by atoms with Gasteiger partial charge in [-0.15, -0.1) is 0 Å². The van der Waals surface area contributed by atoms with Gasteiger partial charge in [-0.3, -0.25) is 19.8 Å². The zero-order chi connectivity index (χ0) is 18.0. The molecular weight excluding hydrogens is 326 g/mol. The molecule has 3 N–H and O–H groups in total. The first-order valence-electron chi connectivity index (χ1n) is 7.46. The molecule has 0 fully saturated rings. The third kappa shape index (κ3) is 3.29. The molecule has 3 rings (SSSR count). The number of amides is 1. The number of carbonyl (C=O) groups is 1. The fourth-order valence-electron chi connectivity index (χ4n) is 2.49. The normalized spacial score (nSPS) is 15.0. The summed E-state index contributed by atoms with van der Waals surface area (Å²) in [7, 11) is 0. The number of aliphatic hydroxyl groups excluding tert-OH is 1. The Morgan fingerprint density at radius 1 is 1.24 bits per heavy atom. The minimum absolute atomic E-state index is 0.0410. The predicted molar refractivity (Wildman–Crippen MR) is 92.0 cm³/mol. The molecule has 0 atom stereocenters. The summed E-state index contributed by atoms with van der Waals surface area (Å²) < 4.78 is 5.66. The number of nitro benzene ring substituents is 1. The fraction of sp³-hybridized carbons (Fsp3) is 0.118. The van der Waals surface area contributed by atoms with Crippen molar-refractivity contribution in [2.24, 2.45) is 0 Å². The number of benzene rings is 2. The van der Waals surface area contributed by atoms with E-state index in [1.807, 2.05) is 0 Å². The molecule has 1 aliphatic heterocycles. The van der Waals surface area contributed by atoms with Crippen LogP contribution < -0.4 is 15.4 Å². The number of hydrogen-bond acceptors (Lipinski definition) is 6. The van der Waals surface area contributed by atoms with E-state index in [-0.39, 0.29) is 24.6 Å². The van der Waals surface area contributed by atoms with Crippen molar-refractivity contribution in [3.05, 3.63) is 63.9 Å². The molecule has 0 aromatic heterocycles. The number of nitrogens with zero attached hydrogens (tertiary/aromatic N) is 2. The van der Waals surface area contributed by atoms with Crippen molar-refractivity contribution in [2.45, 2.75) is 0 Å². The van der Waals surface area contributed by atoms with E-state index in [9.17, 15) is 20.0 Å². The molecule has 0 unspecified atom stereocenters. The number of rotatable bonds is 4. The van der Waals surface area contributed by atoms with E-state index >= 15 is 0 Å². The molecule has 1 heterocycles. The highest BCUT2D eigenvalue weighted by Gasteiger charge is 2.30. The Bertz CT molecular complexity index is 861. The monoisotopic (exact) mass is 341 g/mol. The predicted octanol–water partition coefficient (Wildman–Crippen LogP) is 1.94. The van der Waals surface area contributed by atoms with Crippen LogP contribution in [0.2, 0.25) is 0 Å². The van der Waals surface area contributed by atoms with Gasteiger partial charge in [-0.1, -0.05) is 0 Å². The Morgan fingerprint density at radius 2 is 1.96 bits per heavy atom. The largest absolute Gasteiger partial charge is 0.449 e. The number of aliphatic hydroxyl groups is 1. The Kier molecular flexibility index (Phi) is 4.36. The number of ether oxygens (including phenoxy) is 1. The van der Waals surface area contributed by atoms with Crippen LogP contribution in [-0.4, -0.2) is 29.1 Å². The lowest BCUT2D eigenvalue weighted by Crippen LogP contribution is -2.39. The number of anilines is 2. The lowest BCUT2D eigenvalue weighted by Gasteiger charge is -2.30. The van der Waals surface area contributed by atoms with Crippen molar-refractivity contribution in [1.82, 2.24) is 0 Å². The highest BCUT2D eigenvalue weighted by atomic mass is 16.6. The zero-order valence-electron chi connectivity index (χ0n) is 13.1. The van der Waals surface area contributed by atoms with Crippen molar-refractivity contribution in [3.63, 3.8) is 0 Å². The van der Waals surface area contributed by atoms with Gasteiger partial charge in [0.25, 0.3) is 11.6 Å². The molecule has 8 nitrogen and oxygen atoms in total. The van der Waals surface area contributed by atoms with E-state index in [2.05, 4.69) is 0 Å². The standard InChI is InChI=1S/C17H15N3O5/c18-12-3-6-15-14(10-12)19(7-8-21)17(22)16(25-15)9-11-1-4-13(5-2-11)20(23)24/h1-6,9-10,21H,7-8,18H2/b16-9+. The van der Waals surface area contributed by atoms with Crippen LogP contribution in [0, 0.1) is 10.1 Å². The summed E-state index contributed by atoms with van der Waals surface area (Å²) in [6.45, 7) is -0.124. The number of non-ortho nitro benzene ring substituents is 1. The third-order valence-electron chi connectivity index (χ3n) is 3.67. The molecule has 2 aromatic carbocycles. The van der Waals surface area contributed by atoms with Crippen LogP contribution in [0.1, 0.15) is 5.56 Å². The van der Waals surface area contributed by atoms with E-state index in [0.29, 0.717) is 22.7 Å². The van der Waals surface area contributed by atoms with Gasteiger partial charge >= 0.3 is 0 Å². The summed E-state index contributed by atoms with van der Waals surface area (Å²) in [6.07, 6.45) is 1.50. The Morgan fingerprint density at radius 3 is 2.60 bits per heavy atom. The van der Waals surface area contributed by atoms with Crippen molar-refractivity contribution in [3.8, 4) is 5.75 Å². The van der Waals surface area contributed by atoms with Gasteiger partial charge in [-0.25, -0.2) is 0 Å². The smallest absolute Gasteiger partial charge is 0.294 e. The van der Waals surface area contributed by atoms with E-state index in [4.69, 9.17) is 10.5 Å². The Labute approximate surface area is 142 Å². The van der Waals surface area contributed by atoms with Crippen LogP contribution in [0.25, 0.3) is 6.08 Å². The summed E-state index contributed by atoms with van der Waals surface area (Å²) in [5.41, 5.74) is 7.26. The van der Waals surface area contributed by atoms with E-state index in [0.717, 1.165) is 0 Å². The molecule has 2 aromatic rings. The molecule has 8 heteroatoms. The summed E-state index contributed by atoms with van der Waals surface area (Å²) in [5.74, 6) is 0.0699. The zero-order valence-corrected chi connectivity index (χ0v) is 13.1. The van der Waals surface area contributed by atoms with Crippen molar-refractivity contribution in [2.75, 3.05) is 23.8 Å². The molecule has 0 aliphatic carbocycles. The van der Waals surface area contributed by atoms with E-state index < -0.39 is 10.8 Å². The molecule has 1 aliphatic rings. The second-order valence-corrected chi connectivity index (χ2v) is 5.37. The van der Waals surface area contributed by atoms with Crippen LogP contribution in [-0.2, 0) is 4.79 Å². The van der Waals surface area contributed by atoms with Gasteiger partial charge < -0.3 is 15.6 Å². The van der Waals surface area contributed by atoms with Gasteiger partial charge in [-0.2, -0.15) is 0 Å². The second kappa shape index (κ2) is 6.62.